The number of fused-ring (bicyclic) bond motifs is 1. The number of benzene rings is 2. The molecule has 92 valence electrons. The lowest BCUT2D eigenvalue weighted by atomic mass is 10.2. The van der Waals surface area contributed by atoms with Gasteiger partial charge in [-0.1, -0.05) is 35.9 Å². The molecule has 0 heterocycles. The Kier molecular flexibility index (Phi) is 2.76. The number of hydrogen-bond acceptors (Lipinski definition) is 3. The average Bonchev–Trinajstić information content (AvgIpc) is 2.67. The maximum atomic E-state index is 12.1. The second-order valence-corrected chi connectivity index (χ2v) is 4.58. The van der Waals surface area contributed by atoms with Crippen LogP contribution >= 0.6 is 11.6 Å². The molecule has 3 aromatic carbocycles. The molecule has 4 heteroatoms. The van der Waals surface area contributed by atoms with Crippen LogP contribution in [0.2, 0.25) is 5.02 Å². The third-order valence-corrected chi connectivity index (χ3v) is 3.17. The van der Waals surface area contributed by atoms with Crippen molar-refractivity contribution in [3.05, 3.63) is 79.4 Å². The van der Waals surface area contributed by atoms with E-state index in [4.69, 9.17) is 11.6 Å². The predicted molar refractivity (Wildman–Crippen MR) is 75.5 cm³/mol. The van der Waals surface area contributed by atoms with E-state index in [9.17, 15) is 9.59 Å². The lowest BCUT2D eigenvalue weighted by Gasteiger charge is -1.91. The minimum absolute atomic E-state index is 0.0384. The van der Waals surface area contributed by atoms with Gasteiger partial charge in [0.1, 0.15) is 0 Å². The van der Waals surface area contributed by atoms with Crippen molar-refractivity contribution in [3.63, 3.8) is 0 Å². The fraction of sp³-hybridized carbons (Fsp3) is 0. The van der Waals surface area contributed by atoms with Gasteiger partial charge in [-0.15, -0.1) is 0 Å². The zero-order chi connectivity index (χ0) is 13.4. The third kappa shape index (κ3) is 1.98. The fourth-order valence-corrected chi connectivity index (χ4v) is 2.11. The predicted octanol–water partition coefficient (Wildman–Crippen LogP) is 2.32. The lowest BCUT2D eigenvalue weighted by Crippen LogP contribution is -2.31. The average molecular weight is 270 g/mol. The molecular weight excluding hydrogens is 262 g/mol. The molecule has 0 N–H and O–H groups in total. The molecule has 0 bridgehead atoms. The molecule has 0 fully saturated rings. The molecule has 0 radical (unpaired) electrons. The first-order chi connectivity index (χ1) is 9.16. The molecule has 19 heavy (non-hydrogen) atoms. The Labute approximate surface area is 113 Å². The monoisotopic (exact) mass is 269 g/mol. The molecular formula is C15H8ClNO2. The van der Waals surface area contributed by atoms with E-state index in [0.717, 1.165) is 0 Å². The van der Waals surface area contributed by atoms with E-state index < -0.39 is 0 Å². The molecule has 0 spiro atoms. The van der Waals surface area contributed by atoms with Crippen LogP contribution in [-0.4, -0.2) is 0 Å². The van der Waals surface area contributed by atoms with Crippen molar-refractivity contribution in [1.29, 1.82) is 0 Å². The smallest absolute Gasteiger partial charge is 0.216 e. The van der Waals surface area contributed by atoms with Gasteiger partial charge in [-0.05, 0) is 24.3 Å². The van der Waals surface area contributed by atoms with Gasteiger partial charge in [-0.3, -0.25) is 9.59 Å². The van der Waals surface area contributed by atoms with Crippen LogP contribution in [0.15, 0.2) is 63.1 Å². The number of rotatable bonds is 1. The van der Waals surface area contributed by atoms with Crippen molar-refractivity contribution < 1.29 is 0 Å². The van der Waals surface area contributed by atoms with E-state index >= 15 is 0 Å². The SMILES string of the molecule is O=c1c(=Nc2ccc(Cl)cc2)c(=O)c2ccccc12. The summed E-state index contributed by atoms with van der Waals surface area (Å²) in [6.45, 7) is 0. The Bertz CT molecular complexity index is 854. The van der Waals surface area contributed by atoms with Gasteiger partial charge >= 0.3 is 0 Å². The second kappa shape index (κ2) is 4.44. The Hall–Kier alpha value is -2.26. The van der Waals surface area contributed by atoms with Crippen LogP contribution in [-0.2, 0) is 0 Å². The maximum absolute atomic E-state index is 12.1. The van der Waals surface area contributed by atoms with Crippen LogP contribution in [0.5, 0.6) is 0 Å². The Morgan fingerprint density at radius 3 is 1.84 bits per heavy atom. The summed E-state index contributed by atoms with van der Waals surface area (Å²) in [5, 5.41) is 1.38. The highest BCUT2D eigenvalue weighted by molar-refractivity contribution is 6.30. The van der Waals surface area contributed by atoms with Crippen LogP contribution in [0.3, 0.4) is 0 Å². The molecule has 3 nitrogen and oxygen atoms in total. The van der Waals surface area contributed by atoms with E-state index in [1.165, 1.54) is 0 Å². The Morgan fingerprint density at radius 2 is 1.32 bits per heavy atom. The minimum atomic E-state index is -0.324. The molecule has 0 aliphatic rings. The maximum Gasteiger partial charge on any atom is 0.216 e. The highest BCUT2D eigenvalue weighted by Gasteiger charge is 2.09. The zero-order valence-electron chi connectivity index (χ0n) is 9.76. The molecule has 0 aliphatic heterocycles. The Balaban J connectivity index is 2.34. The second-order valence-electron chi connectivity index (χ2n) is 4.14. The van der Waals surface area contributed by atoms with Crippen molar-refractivity contribution in [1.82, 2.24) is 0 Å². The number of hydrogen-bond donors (Lipinski definition) is 0. The van der Waals surface area contributed by atoms with Crippen LogP contribution in [0.4, 0.5) is 5.69 Å². The van der Waals surface area contributed by atoms with E-state index in [1.807, 2.05) is 0 Å². The number of nitrogens with zero attached hydrogens (tertiary/aromatic N) is 1. The van der Waals surface area contributed by atoms with Crippen molar-refractivity contribution >= 4 is 28.1 Å². The van der Waals surface area contributed by atoms with Gasteiger partial charge in [0.15, 0.2) is 5.36 Å². The summed E-state index contributed by atoms with van der Waals surface area (Å²) < 4.78 is 0. The summed E-state index contributed by atoms with van der Waals surface area (Å²) >= 11 is 5.78. The number of halogens is 1. The largest absolute Gasteiger partial charge is 0.287 e. The Morgan fingerprint density at radius 1 is 0.789 bits per heavy atom. The van der Waals surface area contributed by atoms with Gasteiger partial charge in [-0.25, -0.2) is 4.99 Å². The topological polar surface area (TPSA) is 46.5 Å². The lowest BCUT2D eigenvalue weighted by molar-refractivity contribution is 1.31. The van der Waals surface area contributed by atoms with E-state index in [-0.39, 0.29) is 16.2 Å². The molecule has 3 rings (SSSR count). The van der Waals surface area contributed by atoms with Crippen LogP contribution in [0.1, 0.15) is 0 Å². The van der Waals surface area contributed by atoms with Crippen molar-refractivity contribution in [3.8, 4) is 0 Å². The standard InChI is InChI=1S/C15H8ClNO2/c16-9-5-7-10(8-6-9)17-13-14(18)11-3-1-2-4-12(11)15(13)19/h1-8H. The van der Waals surface area contributed by atoms with Gasteiger partial charge in [0.2, 0.25) is 10.9 Å². The van der Waals surface area contributed by atoms with Gasteiger partial charge in [0, 0.05) is 15.8 Å². The van der Waals surface area contributed by atoms with Gasteiger partial charge in [-0.2, -0.15) is 0 Å². The summed E-state index contributed by atoms with van der Waals surface area (Å²) in [7, 11) is 0. The van der Waals surface area contributed by atoms with E-state index in [1.54, 1.807) is 48.5 Å². The summed E-state index contributed by atoms with van der Waals surface area (Å²) in [6, 6.07) is 13.4. The molecule has 0 saturated heterocycles. The third-order valence-electron chi connectivity index (χ3n) is 2.91. The highest BCUT2D eigenvalue weighted by atomic mass is 35.5. The summed E-state index contributed by atoms with van der Waals surface area (Å²) in [5.41, 5.74) is -0.111. The highest BCUT2D eigenvalue weighted by Crippen LogP contribution is 2.15. The van der Waals surface area contributed by atoms with Crippen LogP contribution < -0.4 is 16.2 Å². The van der Waals surface area contributed by atoms with Crippen molar-refractivity contribution in [2.45, 2.75) is 0 Å². The first-order valence-corrected chi connectivity index (χ1v) is 6.07. The molecule has 0 unspecified atom stereocenters. The summed E-state index contributed by atoms with van der Waals surface area (Å²) in [4.78, 5) is 28.3. The van der Waals surface area contributed by atoms with Gasteiger partial charge < -0.3 is 0 Å². The minimum Gasteiger partial charge on any atom is -0.287 e. The molecule has 0 aliphatic carbocycles. The van der Waals surface area contributed by atoms with E-state index in [2.05, 4.69) is 4.99 Å². The quantitative estimate of drug-likeness (QED) is 0.681. The fourth-order valence-electron chi connectivity index (χ4n) is 1.98. The molecule has 0 amide bonds. The van der Waals surface area contributed by atoms with Gasteiger partial charge in [0.05, 0.1) is 5.69 Å². The first kappa shape index (κ1) is 11.8. The van der Waals surface area contributed by atoms with E-state index in [0.29, 0.717) is 21.5 Å². The van der Waals surface area contributed by atoms with Gasteiger partial charge in [0.25, 0.3) is 0 Å². The summed E-state index contributed by atoms with van der Waals surface area (Å²) in [6.07, 6.45) is 0. The van der Waals surface area contributed by atoms with Crippen LogP contribution in [0.25, 0.3) is 10.8 Å². The molecule has 0 atom stereocenters. The van der Waals surface area contributed by atoms with Crippen molar-refractivity contribution in [2.75, 3.05) is 0 Å². The van der Waals surface area contributed by atoms with Crippen molar-refractivity contribution in [2.24, 2.45) is 4.99 Å². The first-order valence-electron chi connectivity index (χ1n) is 5.69. The normalized spacial score (nSPS) is 10.8. The zero-order valence-corrected chi connectivity index (χ0v) is 10.5. The molecule has 3 aromatic rings. The van der Waals surface area contributed by atoms with Crippen LogP contribution in [0, 0.1) is 0 Å². The molecule has 0 saturated carbocycles. The molecule has 0 aromatic heterocycles. The summed E-state index contributed by atoms with van der Waals surface area (Å²) in [5.74, 6) is 0.